The lowest BCUT2D eigenvalue weighted by molar-refractivity contribution is -0.132. The zero-order valence-electron chi connectivity index (χ0n) is 13.6. The van der Waals surface area contributed by atoms with Crippen molar-refractivity contribution in [2.75, 3.05) is 13.2 Å². The average Bonchev–Trinajstić information content (AvgIpc) is 2.96. The molecule has 0 fully saturated rings. The van der Waals surface area contributed by atoms with Crippen LogP contribution >= 0.6 is 0 Å². The SMILES string of the molecule is CCC(=O)N1Cc2nnn(C)c2C(COCc2ccccc2)C1. The quantitative estimate of drug-likeness (QED) is 0.845. The molecule has 2 heterocycles. The van der Waals surface area contributed by atoms with Gasteiger partial charge in [-0.1, -0.05) is 42.5 Å². The van der Waals surface area contributed by atoms with Crippen LogP contribution in [0.5, 0.6) is 0 Å². The number of hydrogen-bond acceptors (Lipinski definition) is 4. The van der Waals surface area contributed by atoms with Crippen LogP contribution in [-0.4, -0.2) is 39.0 Å². The second-order valence-corrected chi connectivity index (χ2v) is 5.87. The second kappa shape index (κ2) is 6.91. The molecule has 1 amide bonds. The molecule has 23 heavy (non-hydrogen) atoms. The summed E-state index contributed by atoms with van der Waals surface area (Å²) in [6.45, 7) is 4.21. The maximum Gasteiger partial charge on any atom is 0.222 e. The van der Waals surface area contributed by atoms with Crippen molar-refractivity contribution in [2.45, 2.75) is 32.4 Å². The Bertz CT molecular complexity index is 668. The van der Waals surface area contributed by atoms with Crippen molar-refractivity contribution in [3.8, 4) is 0 Å². The Morgan fingerprint density at radius 3 is 2.87 bits per heavy atom. The van der Waals surface area contributed by atoms with E-state index in [-0.39, 0.29) is 11.8 Å². The van der Waals surface area contributed by atoms with Gasteiger partial charge in [-0.15, -0.1) is 5.10 Å². The number of rotatable bonds is 5. The number of hydrogen-bond donors (Lipinski definition) is 0. The van der Waals surface area contributed by atoms with Gasteiger partial charge in [-0.05, 0) is 5.56 Å². The summed E-state index contributed by atoms with van der Waals surface area (Å²) in [7, 11) is 1.90. The lowest BCUT2D eigenvalue weighted by Gasteiger charge is -2.32. The van der Waals surface area contributed by atoms with Crippen LogP contribution in [-0.2, 0) is 29.7 Å². The Balaban J connectivity index is 1.69. The molecule has 1 aliphatic heterocycles. The molecule has 0 spiro atoms. The molecule has 1 unspecified atom stereocenters. The monoisotopic (exact) mass is 314 g/mol. The van der Waals surface area contributed by atoms with Gasteiger partial charge in [0.1, 0.15) is 5.69 Å². The Hall–Kier alpha value is -2.21. The molecule has 3 rings (SSSR count). The fraction of sp³-hybridized carbons (Fsp3) is 0.471. The maximum absolute atomic E-state index is 12.1. The van der Waals surface area contributed by atoms with E-state index in [0.717, 1.165) is 17.0 Å². The van der Waals surface area contributed by atoms with Gasteiger partial charge in [0, 0.05) is 25.9 Å². The molecule has 6 heteroatoms. The molecule has 0 saturated heterocycles. The summed E-state index contributed by atoms with van der Waals surface area (Å²) in [4.78, 5) is 13.9. The Morgan fingerprint density at radius 1 is 1.35 bits per heavy atom. The number of carbonyl (C=O) groups excluding carboxylic acids is 1. The number of ether oxygens (including phenoxy) is 1. The fourth-order valence-electron chi connectivity index (χ4n) is 3.06. The zero-order chi connectivity index (χ0) is 16.2. The molecule has 1 aromatic heterocycles. The van der Waals surface area contributed by atoms with Crippen molar-refractivity contribution < 1.29 is 9.53 Å². The summed E-state index contributed by atoms with van der Waals surface area (Å²) in [5, 5.41) is 8.31. The number of fused-ring (bicyclic) bond motifs is 1. The molecule has 0 bridgehead atoms. The standard InChI is InChI=1S/C17H22N4O2/c1-3-16(22)21-9-14(17-15(10-21)18-19-20(17)2)12-23-11-13-7-5-4-6-8-13/h4-8,14H,3,9-12H2,1-2H3. The largest absolute Gasteiger partial charge is 0.376 e. The Labute approximate surface area is 136 Å². The summed E-state index contributed by atoms with van der Waals surface area (Å²) < 4.78 is 7.70. The number of carbonyl (C=O) groups is 1. The van der Waals surface area contributed by atoms with Crippen LogP contribution in [0.25, 0.3) is 0 Å². The van der Waals surface area contributed by atoms with Crippen LogP contribution in [0.3, 0.4) is 0 Å². The summed E-state index contributed by atoms with van der Waals surface area (Å²) in [6.07, 6.45) is 0.507. The van der Waals surface area contributed by atoms with Crippen molar-refractivity contribution in [3.63, 3.8) is 0 Å². The summed E-state index contributed by atoms with van der Waals surface area (Å²) >= 11 is 0. The topological polar surface area (TPSA) is 60.2 Å². The molecular weight excluding hydrogens is 292 g/mol. The van der Waals surface area contributed by atoms with Crippen LogP contribution in [0.4, 0.5) is 0 Å². The molecule has 6 nitrogen and oxygen atoms in total. The Kier molecular flexibility index (Phi) is 4.71. The van der Waals surface area contributed by atoms with E-state index in [1.165, 1.54) is 0 Å². The van der Waals surface area contributed by atoms with Crippen molar-refractivity contribution in [1.82, 2.24) is 19.9 Å². The predicted molar refractivity (Wildman–Crippen MR) is 85.6 cm³/mol. The van der Waals surface area contributed by atoms with Gasteiger partial charge in [-0.2, -0.15) is 0 Å². The van der Waals surface area contributed by atoms with Gasteiger partial charge < -0.3 is 9.64 Å². The van der Waals surface area contributed by atoms with Crippen LogP contribution in [0.2, 0.25) is 0 Å². The molecule has 2 aromatic rings. The van der Waals surface area contributed by atoms with Crippen molar-refractivity contribution in [1.29, 1.82) is 0 Å². The fourth-order valence-corrected chi connectivity index (χ4v) is 3.06. The lowest BCUT2D eigenvalue weighted by atomic mass is 9.98. The molecule has 0 N–H and O–H groups in total. The normalized spacial score (nSPS) is 17.1. The molecule has 1 aromatic carbocycles. The van der Waals surface area contributed by atoms with E-state index in [1.54, 1.807) is 4.68 Å². The highest BCUT2D eigenvalue weighted by Gasteiger charge is 2.31. The Morgan fingerprint density at radius 2 is 2.13 bits per heavy atom. The second-order valence-electron chi connectivity index (χ2n) is 5.87. The molecule has 0 radical (unpaired) electrons. The first-order valence-corrected chi connectivity index (χ1v) is 7.97. The molecule has 0 saturated carbocycles. The third-order valence-electron chi connectivity index (χ3n) is 4.20. The number of benzene rings is 1. The van der Waals surface area contributed by atoms with Crippen molar-refractivity contribution in [3.05, 3.63) is 47.3 Å². The van der Waals surface area contributed by atoms with Gasteiger partial charge in [0.2, 0.25) is 5.91 Å². The highest BCUT2D eigenvalue weighted by molar-refractivity contribution is 5.76. The average molecular weight is 314 g/mol. The number of aromatic nitrogens is 3. The van der Waals surface area contributed by atoms with Gasteiger partial charge in [-0.3, -0.25) is 9.48 Å². The van der Waals surface area contributed by atoms with Crippen LogP contribution in [0.15, 0.2) is 30.3 Å². The third-order valence-corrected chi connectivity index (χ3v) is 4.20. The highest BCUT2D eigenvalue weighted by Crippen LogP contribution is 2.27. The van der Waals surface area contributed by atoms with Crippen LogP contribution in [0, 0.1) is 0 Å². The van der Waals surface area contributed by atoms with Gasteiger partial charge in [0.05, 0.1) is 25.5 Å². The minimum atomic E-state index is 0.109. The first-order chi connectivity index (χ1) is 11.2. The van der Waals surface area contributed by atoms with E-state index in [9.17, 15) is 4.79 Å². The molecule has 1 atom stereocenters. The third kappa shape index (κ3) is 3.42. The minimum Gasteiger partial charge on any atom is -0.376 e. The van der Waals surface area contributed by atoms with E-state index in [0.29, 0.717) is 32.7 Å². The lowest BCUT2D eigenvalue weighted by Crippen LogP contribution is -2.39. The predicted octanol–water partition coefficient (Wildman–Crippen LogP) is 1.87. The van der Waals surface area contributed by atoms with E-state index in [2.05, 4.69) is 10.3 Å². The van der Waals surface area contributed by atoms with E-state index >= 15 is 0 Å². The van der Waals surface area contributed by atoms with Crippen LogP contribution < -0.4 is 0 Å². The molecule has 122 valence electrons. The van der Waals surface area contributed by atoms with Gasteiger partial charge in [-0.25, -0.2) is 0 Å². The van der Waals surface area contributed by atoms with E-state index < -0.39 is 0 Å². The first kappa shape index (κ1) is 15.7. The molecule has 1 aliphatic rings. The van der Waals surface area contributed by atoms with Crippen molar-refractivity contribution >= 4 is 5.91 Å². The van der Waals surface area contributed by atoms with E-state index in [1.807, 2.05) is 49.2 Å². The number of amides is 1. The minimum absolute atomic E-state index is 0.109. The van der Waals surface area contributed by atoms with Gasteiger partial charge in [0.15, 0.2) is 0 Å². The first-order valence-electron chi connectivity index (χ1n) is 7.97. The van der Waals surface area contributed by atoms with Crippen LogP contribution in [0.1, 0.15) is 36.2 Å². The van der Waals surface area contributed by atoms with E-state index in [4.69, 9.17) is 4.74 Å². The maximum atomic E-state index is 12.1. The smallest absolute Gasteiger partial charge is 0.222 e. The number of aryl methyl sites for hydroxylation is 1. The van der Waals surface area contributed by atoms with Gasteiger partial charge in [0.25, 0.3) is 0 Å². The van der Waals surface area contributed by atoms with Crippen molar-refractivity contribution in [2.24, 2.45) is 7.05 Å². The zero-order valence-corrected chi connectivity index (χ0v) is 13.6. The highest BCUT2D eigenvalue weighted by atomic mass is 16.5. The van der Waals surface area contributed by atoms with Gasteiger partial charge >= 0.3 is 0 Å². The number of nitrogens with zero attached hydrogens (tertiary/aromatic N) is 4. The summed E-state index contributed by atoms with van der Waals surface area (Å²) in [6, 6.07) is 10.1. The summed E-state index contributed by atoms with van der Waals surface area (Å²) in [5.41, 5.74) is 3.11. The molecular formula is C17H22N4O2. The molecule has 0 aliphatic carbocycles. The summed E-state index contributed by atoms with van der Waals surface area (Å²) in [5.74, 6) is 0.257.